The van der Waals surface area contributed by atoms with Gasteiger partial charge in [0, 0.05) is 11.8 Å². The Morgan fingerprint density at radius 2 is 1.89 bits per heavy atom. The number of aryl methyl sites for hydroxylation is 1. The number of esters is 1. The third-order valence-electron chi connectivity index (χ3n) is 3.50. The molecule has 8 heteroatoms. The summed E-state index contributed by atoms with van der Waals surface area (Å²) in [6.45, 7) is 1.21. The summed E-state index contributed by atoms with van der Waals surface area (Å²) in [5.74, 6) is -0.788. The molecule has 0 spiro atoms. The third-order valence-corrected chi connectivity index (χ3v) is 3.50. The molecule has 0 saturated heterocycles. The SMILES string of the molecule is Cc1cc(NC(=O)COC(=O)c2ccccc2Nc2ccc(F)cc2)no1. The summed E-state index contributed by atoms with van der Waals surface area (Å²) in [6.07, 6.45) is 0. The van der Waals surface area contributed by atoms with Gasteiger partial charge in [0.15, 0.2) is 12.4 Å². The van der Waals surface area contributed by atoms with Crippen LogP contribution in [0.4, 0.5) is 21.6 Å². The number of amides is 1. The number of nitrogens with one attached hydrogen (secondary N) is 2. The number of carbonyl (C=O) groups excluding carboxylic acids is 2. The van der Waals surface area contributed by atoms with Crippen LogP contribution in [0.15, 0.2) is 59.1 Å². The number of para-hydroxylation sites is 1. The molecule has 3 rings (SSSR count). The minimum Gasteiger partial charge on any atom is -0.452 e. The van der Waals surface area contributed by atoms with Crippen LogP contribution in [0, 0.1) is 12.7 Å². The average molecular weight is 369 g/mol. The van der Waals surface area contributed by atoms with Crippen LogP contribution in [-0.2, 0) is 9.53 Å². The molecule has 0 atom stereocenters. The highest BCUT2D eigenvalue weighted by atomic mass is 19.1. The summed E-state index contributed by atoms with van der Waals surface area (Å²) >= 11 is 0. The highest BCUT2D eigenvalue weighted by molar-refractivity contribution is 5.98. The zero-order valence-electron chi connectivity index (χ0n) is 14.4. The van der Waals surface area contributed by atoms with Crippen LogP contribution in [0.25, 0.3) is 0 Å². The van der Waals surface area contributed by atoms with Crippen molar-refractivity contribution >= 4 is 29.1 Å². The average Bonchev–Trinajstić information content (AvgIpc) is 3.07. The van der Waals surface area contributed by atoms with Gasteiger partial charge in [-0.05, 0) is 43.3 Å². The fourth-order valence-electron chi connectivity index (χ4n) is 2.27. The summed E-state index contributed by atoms with van der Waals surface area (Å²) in [5.41, 5.74) is 1.32. The van der Waals surface area contributed by atoms with Crippen molar-refractivity contribution in [3.05, 3.63) is 71.7 Å². The second-order valence-electron chi connectivity index (χ2n) is 5.62. The maximum absolute atomic E-state index is 13.0. The number of nitrogens with zero attached hydrogens (tertiary/aromatic N) is 1. The molecule has 0 saturated carbocycles. The zero-order valence-corrected chi connectivity index (χ0v) is 14.4. The van der Waals surface area contributed by atoms with Crippen molar-refractivity contribution in [3.63, 3.8) is 0 Å². The van der Waals surface area contributed by atoms with Gasteiger partial charge in [-0.15, -0.1) is 0 Å². The first kappa shape index (κ1) is 18.1. The Morgan fingerprint density at radius 1 is 1.15 bits per heavy atom. The minimum atomic E-state index is -0.674. The molecule has 1 amide bonds. The smallest absolute Gasteiger partial charge is 0.340 e. The van der Waals surface area contributed by atoms with E-state index in [1.54, 1.807) is 49.4 Å². The molecule has 138 valence electrons. The van der Waals surface area contributed by atoms with Crippen LogP contribution in [0.3, 0.4) is 0 Å². The molecule has 7 nitrogen and oxygen atoms in total. The largest absolute Gasteiger partial charge is 0.452 e. The Labute approximate surface area is 154 Å². The zero-order chi connectivity index (χ0) is 19.2. The van der Waals surface area contributed by atoms with E-state index in [1.165, 1.54) is 12.1 Å². The van der Waals surface area contributed by atoms with Crippen LogP contribution >= 0.6 is 0 Å². The normalized spacial score (nSPS) is 10.3. The fraction of sp³-hybridized carbons (Fsp3) is 0.105. The highest BCUT2D eigenvalue weighted by Gasteiger charge is 2.15. The van der Waals surface area contributed by atoms with E-state index >= 15 is 0 Å². The lowest BCUT2D eigenvalue weighted by molar-refractivity contribution is -0.119. The Hall–Kier alpha value is -3.68. The number of benzene rings is 2. The molecule has 0 bridgehead atoms. The third kappa shape index (κ3) is 4.91. The van der Waals surface area contributed by atoms with E-state index in [2.05, 4.69) is 15.8 Å². The lowest BCUT2D eigenvalue weighted by atomic mass is 10.1. The molecule has 0 aliphatic carbocycles. The Morgan fingerprint density at radius 3 is 2.59 bits per heavy atom. The summed E-state index contributed by atoms with van der Waals surface area (Å²) in [5, 5.41) is 9.10. The first-order chi connectivity index (χ1) is 13.0. The van der Waals surface area contributed by atoms with Crippen molar-refractivity contribution in [2.24, 2.45) is 0 Å². The molecule has 3 aromatic rings. The van der Waals surface area contributed by atoms with E-state index in [0.717, 1.165) is 0 Å². The summed E-state index contributed by atoms with van der Waals surface area (Å²) in [4.78, 5) is 24.2. The van der Waals surface area contributed by atoms with Crippen molar-refractivity contribution in [1.29, 1.82) is 0 Å². The van der Waals surface area contributed by atoms with Gasteiger partial charge < -0.3 is 19.9 Å². The summed E-state index contributed by atoms with van der Waals surface area (Å²) in [6, 6.07) is 13.9. The standard InChI is InChI=1S/C19H16FN3O4/c1-12-10-17(23-27-12)22-18(24)11-26-19(25)15-4-2-3-5-16(15)21-14-8-6-13(20)7-9-14/h2-10,21H,11H2,1H3,(H,22,23,24). The molecule has 27 heavy (non-hydrogen) atoms. The molecule has 0 aliphatic rings. The van der Waals surface area contributed by atoms with Crippen molar-refractivity contribution in [2.75, 3.05) is 17.2 Å². The number of rotatable bonds is 6. The number of hydrogen-bond donors (Lipinski definition) is 2. The fourth-order valence-corrected chi connectivity index (χ4v) is 2.27. The van der Waals surface area contributed by atoms with Crippen molar-refractivity contribution < 1.29 is 23.2 Å². The first-order valence-corrected chi connectivity index (χ1v) is 8.03. The number of ether oxygens (including phenoxy) is 1. The predicted molar refractivity (Wildman–Crippen MR) is 96.3 cm³/mol. The van der Waals surface area contributed by atoms with E-state index in [9.17, 15) is 14.0 Å². The molecular weight excluding hydrogens is 353 g/mol. The maximum Gasteiger partial charge on any atom is 0.340 e. The van der Waals surface area contributed by atoms with Gasteiger partial charge in [0.05, 0.1) is 11.3 Å². The number of carbonyl (C=O) groups is 2. The second-order valence-corrected chi connectivity index (χ2v) is 5.62. The number of halogens is 1. The summed E-state index contributed by atoms with van der Waals surface area (Å²) in [7, 11) is 0. The Balaban J connectivity index is 1.62. The lowest BCUT2D eigenvalue weighted by Crippen LogP contribution is -2.21. The molecule has 0 radical (unpaired) electrons. The highest BCUT2D eigenvalue weighted by Crippen LogP contribution is 2.22. The molecule has 0 aliphatic heterocycles. The van der Waals surface area contributed by atoms with Gasteiger partial charge in [-0.3, -0.25) is 4.79 Å². The summed E-state index contributed by atoms with van der Waals surface area (Å²) < 4.78 is 22.9. The van der Waals surface area contributed by atoms with E-state index < -0.39 is 18.5 Å². The van der Waals surface area contributed by atoms with Gasteiger partial charge in [0.25, 0.3) is 5.91 Å². The van der Waals surface area contributed by atoms with Gasteiger partial charge in [0.2, 0.25) is 0 Å². The van der Waals surface area contributed by atoms with E-state index in [-0.39, 0.29) is 17.2 Å². The number of anilines is 3. The van der Waals surface area contributed by atoms with Crippen molar-refractivity contribution in [3.8, 4) is 0 Å². The van der Waals surface area contributed by atoms with Crippen molar-refractivity contribution in [1.82, 2.24) is 5.16 Å². The molecule has 2 aromatic carbocycles. The molecular formula is C19H16FN3O4. The predicted octanol–water partition coefficient (Wildman–Crippen LogP) is 3.66. The minimum absolute atomic E-state index is 0.243. The molecule has 1 heterocycles. The van der Waals surface area contributed by atoms with Gasteiger partial charge in [-0.2, -0.15) is 0 Å². The monoisotopic (exact) mass is 369 g/mol. The van der Waals surface area contributed by atoms with Crippen molar-refractivity contribution in [2.45, 2.75) is 6.92 Å². The molecule has 0 unspecified atom stereocenters. The van der Waals surface area contributed by atoms with E-state index in [0.29, 0.717) is 17.1 Å². The first-order valence-electron chi connectivity index (χ1n) is 8.03. The molecule has 0 fully saturated rings. The number of hydrogen-bond acceptors (Lipinski definition) is 6. The van der Waals surface area contributed by atoms with Gasteiger partial charge >= 0.3 is 5.97 Å². The molecule has 1 aromatic heterocycles. The van der Waals surface area contributed by atoms with E-state index in [1.807, 2.05) is 0 Å². The second kappa shape index (κ2) is 8.13. The Kier molecular flexibility index (Phi) is 5.46. The molecule has 2 N–H and O–H groups in total. The number of aromatic nitrogens is 1. The van der Waals surface area contributed by atoms with Crippen LogP contribution in [0.5, 0.6) is 0 Å². The maximum atomic E-state index is 13.0. The van der Waals surface area contributed by atoms with Gasteiger partial charge in [-0.1, -0.05) is 17.3 Å². The topological polar surface area (TPSA) is 93.5 Å². The van der Waals surface area contributed by atoms with Crippen LogP contribution in [0.1, 0.15) is 16.1 Å². The Bertz CT molecular complexity index is 954. The van der Waals surface area contributed by atoms with Gasteiger partial charge in [0.1, 0.15) is 11.6 Å². The van der Waals surface area contributed by atoms with Gasteiger partial charge in [-0.25, -0.2) is 9.18 Å². The lowest BCUT2D eigenvalue weighted by Gasteiger charge is -2.11. The van der Waals surface area contributed by atoms with Crippen LogP contribution < -0.4 is 10.6 Å². The quantitative estimate of drug-likeness (QED) is 0.644. The van der Waals surface area contributed by atoms with Crippen LogP contribution in [0.2, 0.25) is 0 Å². The van der Waals surface area contributed by atoms with Crippen LogP contribution in [-0.4, -0.2) is 23.6 Å². The van der Waals surface area contributed by atoms with E-state index in [4.69, 9.17) is 9.26 Å².